The van der Waals surface area contributed by atoms with Crippen molar-refractivity contribution in [1.29, 1.82) is 0 Å². The average molecular weight is 494 g/mol. The van der Waals surface area contributed by atoms with Gasteiger partial charge in [0, 0.05) is 30.7 Å². The van der Waals surface area contributed by atoms with Gasteiger partial charge in [-0.1, -0.05) is 65.3 Å². The first-order chi connectivity index (χ1) is 15.4. The molecule has 0 saturated carbocycles. The van der Waals surface area contributed by atoms with Crippen molar-refractivity contribution in [1.82, 2.24) is 13.7 Å². The average Bonchev–Trinajstić information content (AvgIpc) is 3.17. The van der Waals surface area contributed by atoms with Gasteiger partial charge in [0.1, 0.15) is 6.10 Å². The van der Waals surface area contributed by atoms with E-state index in [0.29, 0.717) is 24.1 Å². The molecule has 0 amide bonds. The summed E-state index contributed by atoms with van der Waals surface area (Å²) in [5.74, 6) is 0. The van der Waals surface area contributed by atoms with Crippen LogP contribution in [0.15, 0.2) is 62.6 Å². The topological polar surface area (TPSA) is 58.2 Å². The second-order valence-corrected chi connectivity index (χ2v) is 9.00. The third-order valence-electron chi connectivity index (χ3n) is 6.37. The number of benzene rings is 2. The van der Waals surface area contributed by atoms with E-state index in [9.17, 15) is 9.59 Å². The van der Waals surface area contributed by atoms with Crippen molar-refractivity contribution in [2.45, 2.75) is 26.0 Å². The Hall–Kier alpha value is -2.90. The largest absolute Gasteiger partial charge is 0.365 e. The molecule has 7 heteroatoms. The summed E-state index contributed by atoms with van der Waals surface area (Å²) in [7, 11) is 3.25. The maximum Gasteiger partial charge on any atom is 0.331 e. The molecule has 2 aromatic heterocycles. The highest BCUT2D eigenvalue weighted by Gasteiger charge is 2.33. The summed E-state index contributed by atoms with van der Waals surface area (Å²) in [6, 6.07) is 16.2. The molecule has 1 aliphatic heterocycles. The Bertz CT molecular complexity index is 1460. The van der Waals surface area contributed by atoms with E-state index < -0.39 is 0 Å². The first-order valence-corrected chi connectivity index (χ1v) is 11.5. The van der Waals surface area contributed by atoms with Crippen LogP contribution >= 0.6 is 15.9 Å². The maximum atomic E-state index is 13.4. The zero-order valence-corrected chi connectivity index (χ0v) is 19.8. The van der Waals surface area contributed by atoms with E-state index in [4.69, 9.17) is 4.74 Å². The Morgan fingerprint density at radius 1 is 1.03 bits per heavy atom. The zero-order chi connectivity index (χ0) is 22.6. The fourth-order valence-electron chi connectivity index (χ4n) is 4.70. The van der Waals surface area contributed by atoms with E-state index in [2.05, 4.69) is 51.7 Å². The van der Waals surface area contributed by atoms with Gasteiger partial charge >= 0.3 is 5.69 Å². The van der Waals surface area contributed by atoms with Crippen LogP contribution in [0.2, 0.25) is 0 Å². The lowest BCUT2D eigenvalue weighted by Crippen LogP contribution is -2.37. The molecule has 0 bridgehead atoms. The number of hydrogen-bond donors (Lipinski definition) is 0. The van der Waals surface area contributed by atoms with Gasteiger partial charge < -0.3 is 9.30 Å². The molecule has 0 fully saturated rings. The van der Waals surface area contributed by atoms with E-state index in [1.54, 1.807) is 11.6 Å². The highest BCUT2D eigenvalue weighted by atomic mass is 79.9. The molecule has 2 aromatic carbocycles. The predicted octanol–water partition coefficient (Wildman–Crippen LogP) is 4.15. The summed E-state index contributed by atoms with van der Waals surface area (Å²) in [4.78, 5) is 26.3. The lowest BCUT2D eigenvalue weighted by molar-refractivity contribution is 0.0478. The molecule has 1 atom stereocenters. The molecule has 4 aromatic rings. The van der Waals surface area contributed by atoms with Crippen LogP contribution in [0.5, 0.6) is 0 Å². The SMILES string of the molecule is CCc1ccc([C@H]2OCCn3c(-c4ccccc4Br)c4c(=O)n(C)c(=O)n(C)c4c32)cc1. The van der Waals surface area contributed by atoms with Crippen LogP contribution in [0.1, 0.15) is 29.8 Å². The first-order valence-electron chi connectivity index (χ1n) is 10.7. The van der Waals surface area contributed by atoms with Crippen molar-refractivity contribution < 1.29 is 4.74 Å². The van der Waals surface area contributed by atoms with Crippen LogP contribution in [0, 0.1) is 0 Å². The summed E-state index contributed by atoms with van der Waals surface area (Å²) in [5.41, 5.74) is 4.83. The molecular weight excluding hydrogens is 470 g/mol. The minimum absolute atomic E-state index is 0.296. The molecule has 0 saturated heterocycles. The molecule has 6 nitrogen and oxygen atoms in total. The van der Waals surface area contributed by atoms with Crippen LogP contribution < -0.4 is 11.2 Å². The number of nitrogens with zero attached hydrogens (tertiary/aromatic N) is 3. The lowest BCUT2D eigenvalue weighted by atomic mass is 10.0. The number of ether oxygens (including phenoxy) is 1. The molecule has 0 radical (unpaired) electrons. The molecule has 5 rings (SSSR count). The molecule has 0 aliphatic carbocycles. The smallest absolute Gasteiger partial charge is 0.331 e. The summed E-state index contributed by atoms with van der Waals surface area (Å²) in [5, 5.41) is 0.539. The van der Waals surface area contributed by atoms with E-state index in [1.165, 1.54) is 17.2 Å². The molecule has 0 spiro atoms. The van der Waals surface area contributed by atoms with Gasteiger partial charge in [0.25, 0.3) is 5.56 Å². The van der Waals surface area contributed by atoms with Crippen LogP contribution in [0.25, 0.3) is 22.2 Å². The third-order valence-corrected chi connectivity index (χ3v) is 7.06. The summed E-state index contributed by atoms with van der Waals surface area (Å²) >= 11 is 3.66. The fourth-order valence-corrected chi connectivity index (χ4v) is 5.17. The van der Waals surface area contributed by atoms with Gasteiger partial charge in [-0.25, -0.2) is 4.79 Å². The molecule has 164 valence electrons. The van der Waals surface area contributed by atoms with Gasteiger partial charge in [-0.05, 0) is 23.6 Å². The first kappa shape index (κ1) is 21.0. The van der Waals surface area contributed by atoms with E-state index >= 15 is 0 Å². The van der Waals surface area contributed by atoms with Crippen molar-refractivity contribution >= 4 is 26.8 Å². The highest BCUT2D eigenvalue weighted by molar-refractivity contribution is 9.10. The van der Waals surface area contributed by atoms with Crippen molar-refractivity contribution in [3.05, 3.63) is 90.7 Å². The van der Waals surface area contributed by atoms with Gasteiger partial charge in [0.2, 0.25) is 0 Å². The molecule has 3 heterocycles. The molecule has 0 unspecified atom stereocenters. The summed E-state index contributed by atoms with van der Waals surface area (Å²) in [6.07, 6.45) is 0.591. The molecule has 32 heavy (non-hydrogen) atoms. The Morgan fingerprint density at radius 2 is 1.75 bits per heavy atom. The number of halogens is 1. The highest BCUT2D eigenvalue weighted by Crippen LogP contribution is 2.42. The van der Waals surface area contributed by atoms with Crippen LogP contribution in [-0.4, -0.2) is 20.3 Å². The number of aromatic nitrogens is 3. The standard InChI is InChI=1S/C25H24BrN3O3/c1-4-15-9-11-16(12-10-15)23-22-21-19(24(30)28(3)25(31)27(21)2)20(29(22)13-14-32-23)17-7-5-6-8-18(17)26/h5-12,23H,4,13-14H2,1-3H3/t23-/m1/s1. The number of hydrogen-bond acceptors (Lipinski definition) is 3. The van der Waals surface area contributed by atoms with E-state index in [0.717, 1.165) is 33.4 Å². The normalized spacial score (nSPS) is 15.8. The van der Waals surface area contributed by atoms with Crippen LogP contribution in [0.4, 0.5) is 0 Å². The minimum Gasteiger partial charge on any atom is -0.365 e. The van der Waals surface area contributed by atoms with Crippen molar-refractivity contribution in [3.8, 4) is 11.3 Å². The number of fused-ring (bicyclic) bond motifs is 3. The summed E-state index contributed by atoms with van der Waals surface area (Å²) < 4.78 is 12.1. The van der Waals surface area contributed by atoms with Gasteiger partial charge in [0.15, 0.2) is 0 Å². The third kappa shape index (κ3) is 3.03. The van der Waals surface area contributed by atoms with Gasteiger partial charge in [-0.15, -0.1) is 0 Å². The van der Waals surface area contributed by atoms with Crippen molar-refractivity contribution in [2.24, 2.45) is 14.1 Å². The second kappa shape index (κ2) is 7.90. The van der Waals surface area contributed by atoms with Crippen LogP contribution in [-0.2, 0) is 31.8 Å². The molecule has 1 aliphatic rings. The van der Waals surface area contributed by atoms with Gasteiger partial charge in [0.05, 0.1) is 28.9 Å². The Kier molecular flexibility index (Phi) is 5.18. The van der Waals surface area contributed by atoms with Gasteiger partial charge in [-0.2, -0.15) is 0 Å². The molecule has 0 N–H and O–H groups in total. The monoisotopic (exact) mass is 493 g/mol. The second-order valence-electron chi connectivity index (χ2n) is 8.14. The Labute approximate surface area is 193 Å². The van der Waals surface area contributed by atoms with E-state index in [-0.39, 0.29) is 17.4 Å². The quantitative estimate of drug-likeness (QED) is 0.430. The lowest BCUT2D eigenvalue weighted by Gasteiger charge is -2.28. The van der Waals surface area contributed by atoms with Crippen LogP contribution in [0.3, 0.4) is 0 Å². The van der Waals surface area contributed by atoms with E-state index in [1.807, 2.05) is 24.3 Å². The summed E-state index contributed by atoms with van der Waals surface area (Å²) in [6.45, 7) is 3.24. The predicted molar refractivity (Wildman–Crippen MR) is 129 cm³/mol. The Morgan fingerprint density at radius 3 is 2.44 bits per heavy atom. The number of rotatable bonds is 3. The number of aryl methyl sites for hydroxylation is 2. The Balaban J connectivity index is 1.92. The van der Waals surface area contributed by atoms with Gasteiger partial charge in [-0.3, -0.25) is 13.9 Å². The zero-order valence-electron chi connectivity index (χ0n) is 18.3. The minimum atomic E-state index is -0.369. The maximum absolute atomic E-state index is 13.4. The van der Waals surface area contributed by atoms with Crippen molar-refractivity contribution in [3.63, 3.8) is 0 Å². The molecular formula is C25H24BrN3O3. The van der Waals surface area contributed by atoms with Crippen molar-refractivity contribution in [2.75, 3.05) is 6.61 Å². The fraction of sp³-hybridized carbons (Fsp3) is 0.280.